The summed E-state index contributed by atoms with van der Waals surface area (Å²) in [5, 5.41) is 10.3. The average Bonchev–Trinajstić information content (AvgIpc) is 2.12. The number of hydrogen-bond donors (Lipinski definition) is 2. The van der Waals surface area contributed by atoms with Gasteiger partial charge in [-0.3, -0.25) is 0 Å². The lowest BCUT2D eigenvalue weighted by Crippen LogP contribution is -2.38. The second kappa shape index (κ2) is 3.18. The van der Waals surface area contributed by atoms with Crippen molar-refractivity contribution in [3.05, 3.63) is 28.8 Å². The van der Waals surface area contributed by atoms with Gasteiger partial charge in [-0.1, -0.05) is 11.6 Å². The molecule has 1 heterocycles. The van der Waals surface area contributed by atoms with Crippen LogP contribution in [0.4, 0.5) is 0 Å². The smallest absolute Gasteiger partial charge is 0.125 e. The number of halogens is 1. The molecule has 13 heavy (non-hydrogen) atoms. The monoisotopic (exact) mass is 199 g/mol. The molecule has 0 saturated heterocycles. The van der Waals surface area contributed by atoms with Gasteiger partial charge in [-0.2, -0.15) is 0 Å². The van der Waals surface area contributed by atoms with Crippen LogP contribution >= 0.6 is 11.6 Å². The average molecular weight is 200 g/mol. The fourth-order valence-electron chi connectivity index (χ4n) is 1.39. The zero-order valence-corrected chi connectivity index (χ0v) is 7.66. The number of fused-ring (bicyclic) bond motifs is 1. The van der Waals surface area contributed by atoms with Crippen molar-refractivity contribution in [2.75, 3.05) is 6.61 Å². The number of rotatable bonds is 0. The van der Waals surface area contributed by atoms with Crippen LogP contribution in [0.2, 0.25) is 5.02 Å². The highest BCUT2D eigenvalue weighted by atomic mass is 35.5. The van der Waals surface area contributed by atoms with E-state index < -0.39 is 6.10 Å². The summed E-state index contributed by atoms with van der Waals surface area (Å²) in [6.45, 7) is 0.343. The summed E-state index contributed by atoms with van der Waals surface area (Å²) in [7, 11) is 0. The topological polar surface area (TPSA) is 55.5 Å². The van der Waals surface area contributed by atoms with Crippen LogP contribution in [0, 0.1) is 0 Å². The van der Waals surface area contributed by atoms with Crippen LogP contribution in [0.15, 0.2) is 18.2 Å². The first-order valence-corrected chi connectivity index (χ1v) is 4.42. The summed E-state index contributed by atoms with van der Waals surface area (Å²) in [4.78, 5) is 0. The molecule has 0 bridgehead atoms. The van der Waals surface area contributed by atoms with Crippen LogP contribution in [-0.4, -0.2) is 17.8 Å². The third-order valence-electron chi connectivity index (χ3n) is 2.13. The Kier molecular flexibility index (Phi) is 2.15. The van der Waals surface area contributed by atoms with Crippen LogP contribution in [-0.2, 0) is 0 Å². The van der Waals surface area contributed by atoms with Gasteiger partial charge in [0.05, 0.1) is 6.04 Å². The number of aliphatic hydroxyl groups excluding tert-OH is 1. The van der Waals surface area contributed by atoms with Crippen LogP contribution in [0.1, 0.15) is 11.7 Å². The van der Waals surface area contributed by atoms with E-state index in [1.165, 1.54) is 0 Å². The Balaban J connectivity index is 2.45. The van der Waals surface area contributed by atoms with Crippen molar-refractivity contribution >= 4 is 11.6 Å². The first kappa shape index (κ1) is 8.81. The lowest BCUT2D eigenvalue weighted by molar-refractivity contribution is 0.0916. The molecule has 0 aliphatic carbocycles. The number of ether oxygens (including phenoxy) is 1. The molecule has 0 unspecified atom stereocenters. The van der Waals surface area contributed by atoms with E-state index in [4.69, 9.17) is 22.1 Å². The molecule has 3 nitrogen and oxygen atoms in total. The molecular formula is C9H10ClNO2. The predicted octanol–water partition coefficient (Wildman–Crippen LogP) is 1.09. The van der Waals surface area contributed by atoms with Crippen LogP contribution in [0.5, 0.6) is 5.75 Å². The summed E-state index contributed by atoms with van der Waals surface area (Å²) in [5.41, 5.74) is 6.30. The summed E-state index contributed by atoms with van der Waals surface area (Å²) >= 11 is 5.78. The van der Waals surface area contributed by atoms with E-state index in [1.54, 1.807) is 18.2 Å². The van der Waals surface area contributed by atoms with Gasteiger partial charge in [-0.25, -0.2) is 0 Å². The maximum atomic E-state index is 9.69. The molecule has 0 aromatic heterocycles. The molecular weight excluding hydrogens is 190 g/mol. The van der Waals surface area contributed by atoms with Gasteiger partial charge < -0.3 is 15.6 Å². The van der Waals surface area contributed by atoms with E-state index in [-0.39, 0.29) is 6.04 Å². The van der Waals surface area contributed by atoms with Crippen molar-refractivity contribution in [2.45, 2.75) is 12.1 Å². The number of aliphatic hydroxyl groups is 1. The molecule has 0 fully saturated rings. The summed E-state index contributed by atoms with van der Waals surface area (Å²) < 4.78 is 5.32. The largest absolute Gasteiger partial charge is 0.491 e. The Morgan fingerprint density at radius 3 is 3.08 bits per heavy atom. The summed E-state index contributed by atoms with van der Waals surface area (Å²) in [5.74, 6) is 0.665. The van der Waals surface area contributed by atoms with Crippen molar-refractivity contribution in [3.8, 4) is 5.75 Å². The Hall–Kier alpha value is -0.770. The van der Waals surface area contributed by atoms with Crippen molar-refractivity contribution in [2.24, 2.45) is 5.73 Å². The molecule has 2 rings (SSSR count). The zero-order chi connectivity index (χ0) is 9.42. The quantitative estimate of drug-likeness (QED) is 0.658. The highest BCUT2D eigenvalue weighted by Gasteiger charge is 2.26. The molecule has 3 N–H and O–H groups in total. The molecule has 0 radical (unpaired) electrons. The molecule has 1 aliphatic rings. The molecule has 2 atom stereocenters. The van der Waals surface area contributed by atoms with Crippen molar-refractivity contribution in [1.82, 2.24) is 0 Å². The van der Waals surface area contributed by atoms with Gasteiger partial charge in [0.2, 0.25) is 0 Å². The standard InChI is InChI=1S/C9H10ClNO2/c10-5-1-2-8-6(3-5)9(12)7(11)4-13-8/h1-3,7,9,12H,4,11H2/t7-,9-/m0/s1. The van der Waals surface area contributed by atoms with E-state index >= 15 is 0 Å². The van der Waals surface area contributed by atoms with Gasteiger partial charge in [0.15, 0.2) is 0 Å². The van der Waals surface area contributed by atoms with Crippen LogP contribution in [0.3, 0.4) is 0 Å². The summed E-state index contributed by atoms with van der Waals surface area (Å²) in [6.07, 6.45) is -0.678. The molecule has 1 aromatic rings. The number of nitrogens with two attached hydrogens (primary N) is 1. The molecule has 0 amide bonds. The normalized spacial score (nSPS) is 26.4. The number of hydrogen-bond acceptors (Lipinski definition) is 3. The van der Waals surface area contributed by atoms with E-state index in [2.05, 4.69) is 0 Å². The van der Waals surface area contributed by atoms with Crippen LogP contribution in [0.25, 0.3) is 0 Å². The molecule has 0 saturated carbocycles. The summed E-state index contributed by atoms with van der Waals surface area (Å²) in [6, 6.07) is 4.78. The maximum Gasteiger partial charge on any atom is 0.125 e. The van der Waals surface area contributed by atoms with E-state index in [9.17, 15) is 5.11 Å². The second-order valence-corrected chi connectivity index (χ2v) is 3.54. The van der Waals surface area contributed by atoms with E-state index in [0.29, 0.717) is 22.9 Å². The highest BCUT2D eigenvalue weighted by Crippen LogP contribution is 2.33. The number of benzene rings is 1. The molecule has 70 valence electrons. The third kappa shape index (κ3) is 1.50. The Morgan fingerprint density at radius 2 is 2.31 bits per heavy atom. The highest BCUT2D eigenvalue weighted by molar-refractivity contribution is 6.30. The fourth-order valence-corrected chi connectivity index (χ4v) is 1.57. The van der Waals surface area contributed by atoms with Crippen LogP contribution < -0.4 is 10.5 Å². The van der Waals surface area contributed by atoms with Crippen molar-refractivity contribution in [1.29, 1.82) is 0 Å². The van der Waals surface area contributed by atoms with E-state index in [0.717, 1.165) is 0 Å². The van der Waals surface area contributed by atoms with Crippen molar-refractivity contribution in [3.63, 3.8) is 0 Å². The van der Waals surface area contributed by atoms with Crippen molar-refractivity contribution < 1.29 is 9.84 Å². The zero-order valence-electron chi connectivity index (χ0n) is 6.90. The minimum Gasteiger partial charge on any atom is -0.491 e. The second-order valence-electron chi connectivity index (χ2n) is 3.10. The predicted molar refractivity (Wildman–Crippen MR) is 49.9 cm³/mol. The van der Waals surface area contributed by atoms with Gasteiger partial charge in [-0.05, 0) is 18.2 Å². The Morgan fingerprint density at radius 1 is 1.54 bits per heavy atom. The van der Waals surface area contributed by atoms with E-state index in [1.807, 2.05) is 0 Å². The Bertz CT molecular complexity index is 329. The third-order valence-corrected chi connectivity index (χ3v) is 2.36. The first-order valence-electron chi connectivity index (χ1n) is 4.04. The minimum atomic E-state index is -0.678. The molecule has 0 spiro atoms. The molecule has 1 aliphatic heterocycles. The molecule has 4 heteroatoms. The minimum absolute atomic E-state index is 0.343. The fraction of sp³-hybridized carbons (Fsp3) is 0.333. The van der Waals surface area contributed by atoms with Gasteiger partial charge in [0.1, 0.15) is 18.5 Å². The van der Waals surface area contributed by atoms with Gasteiger partial charge in [-0.15, -0.1) is 0 Å². The molecule has 1 aromatic carbocycles. The van der Waals surface area contributed by atoms with Gasteiger partial charge in [0.25, 0.3) is 0 Å². The SMILES string of the molecule is N[C@H]1COc2ccc(Cl)cc2[C@@H]1O. The van der Waals surface area contributed by atoms with Gasteiger partial charge >= 0.3 is 0 Å². The maximum absolute atomic E-state index is 9.69. The lowest BCUT2D eigenvalue weighted by atomic mass is 10.00. The first-order chi connectivity index (χ1) is 6.18. The lowest BCUT2D eigenvalue weighted by Gasteiger charge is -2.27. The Labute approximate surface area is 81.1 Å². The van der Waals surface area contributed by atoms with Gasteiger partial charge in [0, 0.05) is 10.6 Å².